The van der Waals surface area contributed by atoms with Gasteiger partial charge < -0.3 is 14.2 Å². The monoisotopic (exact) mass is 317 g/mol. The van der Waals surface area contributed by atoms with Crippen LogP contribution in [0, 0.1) is 5.92 Å². The number of furan rings is 1. The van der Waals surface area contributed by atoms with Crippen molar-refractivity contribution in [2.24, 2.45) is 5.92 Å². The smallest absolute Gasteiger partial charge is 0.228 e. The predicted octanol–water partition coefficient (Wildman–Crippen LogP) is 0.935. The van der Waals surface area contributed by atoms with Gasteiger partial charge in [0.25, 0.3) is 0 Å². The highest BCUT2D eigenvalue weighted by atomic mass is 16.3. The van der Waals surface area contributed by atoms with Crippen molar-refractivity contribution < 1.29 is 14.0 Å². The zero-order chi connectivity index (χ0) is 15.8. The van der Waals surface area contributed by atoms with Gasteiger partial charge in [0, 0.05) is 45.2 Å². The number of likely N-dealkylation sites (tertiary alicyclic amines) is 1. The summed E-state index contributed by atoms with van der Waals surface area (Å²) in [6, 6.07) is 4.30. The maximum Gasteiger partial charge on any atom is 0.228 e. The normalized spacial score (nSPS) is 26.1. The Balaban J connectivity index is 1.28. The van der Waals surface area contributed by atoms with Crippen molar-refractivity contribution in [3.05, 3.63) is 24.2 Å². The van der Waals surface area contributed by atoms with E-state index in [-0.39, 0.29) is 17.7 Å². The molecule has 3 fully saturated rings. The molecular weight excluding hydrogens is 294 g/mol. The number of hydrogen-bond acceptors (Lipinski definition) is 4. The summed E-state index contributed by atoms with van der Waals surface area (Å²) in [6.07, 6.45) is 4.32. The van der Waals surface area contributed by atoms with E-state index in [0.29, 0.717) is 19.0 Å². The van der Waals surface area contributed by atoms with Crippen LogP contribution in [-0.2, 0) is 16.1 Å². The van der Waals surface area contributed by atoms with E-state index in [2.05, 4.69) is 4.90 Å². The van der Waals surface area contributed by atoms with Gasteiger partial charge in [-0.2, -0.15) is 0 Å². The quantitative estimate of drug-likeness (QED) is 0.829. The summed E-state index contributed by atoms with van der Waals surface area (Å²) >= 11 is 0. The lowest BCUT2D eigenvalue weighted by Gasteiger charge is -2.35. The first-order valence-electron chi connectivity index (χ1n) is 8.53. The van der Waals surface area contributed by atoms with Gasteiger partial charge in [-0.25, -0.2) is 0 Å². The van der Waals surface area contributed by atoms with Crippen LogP contribution in [0.1, 0.15) is 25.0 Å². The number of carbonyl (C=O) groups is 2. The zero-order valence-corrected chi connectivity index (χ0v) is 13.3. The van der Waals surface area contributed by atoms with Gasteiger partial charge >= 0.3 is 0 Å². The Kier molecular flexibility index (Phi) is 3.85. The molecule has 1 aromatic heterocycles. The maximum absolute atomic E-state index is 12.7. The lowest BCUT2D eigenvalue weighted by atomic mass is 10.1. The summed E-state index contributed by atoms with van der Waals surface area (Å²) in [6.45, 7) is 4.64. The molecule has 3 aliphatic rings. The molecule has 1 aliphatic carbocycles. The zero-order valence-electron chi connectivity index (χ0n) is 13.3. The van der Waals surface area contributed by atoms with Crippen LogP contribution in [-0.4, -0.2) is 65.3 Å². The van der Waals surface area contributed by atoms with E-state index in [1.807, 2.05) is 21.9 Å². The molecule has 1 unspecified atom stereocenters. The summed E-state index contributed by atoms with van der Waals surface area (Å²) in [4.78, 5) is 30.9. The second-order valence-electron chi connectivity index (χ2n) is 6.86. The molecule has 4 rings (SSSR count). The minimum absolute atomic E-state index is 0.125. The number of nitrogens with zero attached hydrogens (tertiary/aromatic N) is 3. The maximum atomic E-state index is 12.7. The molecule has 3 heterocycles. The molecule has 2 saturated heterocycles. The first-order valence-corrected chi connectivity index (χ1v) is 8.53. The first kappa shape index (κ1) is 14.8. The molecule has 1 atom stereocenters. The van der Waals surface area contributed by atoms with Gasteiger partial charge in [-0.15, -0.1) is 0 Å². The topological polar surface area (TPSA) is 57.0 Å². The third-order valence-electron chi connectivity index (χ3n) is 5.14. The van der Waals surface area contributed by atoms with Crippen molar-refractivity contribution >= 4 is 11.8 Å². The Bertz CT molecular complexity index is 574. The summed E-state index contributed by atoms with van der Waals surface area (Å²) in [5, 5.41) is 0. The number of rotatable bonds is 4. The highest BCUT2D eigenvalue weighted by Crippen LogP contribution is 2.33. The van der Waals surface area contributed by atoms with Gasteiger partial charge in [0.05, 0.1) is 18.7 Å². The van der Waals surface area contributed by atoms with Crippen LogP contribution in [0.15, 0.2) is 22.8 Å². The molecular formula is C17H23N3O3. The minimum Gasteiger partial charge on any atom is -0.468 e. The van der Waals surface area contributed by atoms with Crippen molar-refractivity contribution in [1.29, 1.82) is 0 Å². The second-order valence-corrected chi connectivity index (χ2v) is 6.86. The van der Waals surface area contributed by atoms with Crippen molar-refractivity contribution in [2.45, 2.75) is 31.8 Å². The highest BCUT2D eigenvalue weighted by Gasteiger charge is 2.43. The van der Waals surface area contributed by atoms with E-state index in [0.717, 1.165) is 51.3 Å². The van der Waals surface area contributed by atoms with Crippen LogP contribution in [0.4, 0.5) is 0 Å². The van der Waals surface area contributed by atoms with Gasteiger partial charge in [-0.05, 0) is 25.0 Å². The molecule has 6 heteroatoms. The standard InChI is InChI=1S/C17H23N3O3/c21-16-10-13(11-20(16)14-3-4-14)17(22)19-7-5-18(6-8-19)12-15-2-1-9-23-15/h1-2,9,13-14H,3-8,10-12H2. The van der Waals surface area contributed by atoms with Crippen LogP contribution < -0.4 is 0 Å². The molecule has 1 aromatic rings. The average Bonchev–Trinajstić information content (AvgIpc) is 3.13. The molecule has 2 aliphatic heterocycles. The number of hydrogen-bond donors (Lipinski definition) is 0. The summed E-state index contributed by atoms with van der Waals surface area (Å²) in [5.41, 5.74) is 0. The fourth-order valence-corrected chi connectivity index (χ4v) is 3.64. The Hall–Kier alpha value is -1.82. The minimum atomic E-state index is -0.125. The lowest BCUT2D eigenvalue weighted by Crippen LogP contribution is -2.50. The molecule has 1 saturated carbocycles. The molecule has 0 radical (unpaired) electrons. The van der Waals surface area contributed by atoms with Crippen molar-refractivity contribution in [1.82, 2.24) is 14.7 Å². The summed E-state index contributed by atoms with van der Waals surface area (Å²) in [5.74, 6) is 1.17. The summed E-state index contributed by atoms with van der Waals surface area (Å²) < 4.78 is 5.38. The Morgan fingerprint density at radius 2 is 2.00 bits per heavy atom. The van der Waals surface area contributed by atoms with E-state index >= 15 is 0 Å². The van der Waals surface area contributed by atoms with E-state index in [9.17, 15) is 9.59 Å². The molecule has 2 amide bonds. The Morgan fingerprint density at radius 3 is 2.65 bits per heavy atom. The SMILES string of the molecule is O=C(C1CC(=O)N(C2CC2)C1)N1CCN(Cc2ccco2)CC1. The molecule has 0 aromatic carbocycles. The van der Waals surface area contributed by atoms with Crippen LogP contribution in [0.25, 0.3) is 0 Å². The van der Waals surface area contributed by atoms with Crippen molar-refractivity contribution in [2.75, 3.05) is 32.7 Å². The number of amides is 2. The van der Waals surface area contributed by atoms with Crippen molar-refractivity contribution in [3.8, 4) is 0 Å². The fourth-order valence-electron chi connectivity index (χ4n) is 3.64. The van der Waals surface area contributed by atoms with E-state index in [1.54, 1.807) is 6.26 Å². The summed E-state index contributed by atoms with van der Waals surface area (Å²) in [7, 11) is 0. The van der Waals surface area contributed by atoms with Gasteiger partial charge in [-0.1, -0.05) is 0 Å². The van der Waals surface area contributed by atoms with Crippen LogP contribution in [0.3, 0.4) is 0 Å². The van der Waals surface area contributed by atoms with Crippen LogP contribution >= 0.6 is 0 Å². The second kappa shape index (κ2) is 6.00. The number of carbonyl (C=O) groups excluding carboxylic acids is 2. The van der Waals surface area contributed by atoms with Crippen molar-refractivity contribution in [3.63, 3.8) is 0 Å². The Labute approximate surface area is 136 Å². The molecule has 6 nitrogen and oxygen atoms in total. The number of piperazine rings is 1. The molecule has 0 N–H and O–H groups in total. The lowest BCUT2D eigenvalue weighted by molar-refractivity contribution is -0.137. The van der Waals surface area contributed by atoms with Gasteiger partial charge in [0.2, 0.25) is 11.8 Å². The highest BCUT2D eigenvalue weighted by molar-refractivity contribution is 5.89. The van der Waals surface area contributed by atoms with E-state index in [4.69, 9.17) is 4.42 Å². The van der Waals surface area contributed by atoms with Gasteiger partial charge in [0.15, 0.2) is 0 Å². The largest absolute Gasteiger partial charge is 0.468 e. The molecule has 124 valence electrons. The molecule has 0 spiro atoms. The van der Waals surface area contributed by atoms with E-state index < -0.39 is 0 Å². The molecule has 0 bridgehead atoms. The van der Waals surface area contributed by atoms with Gasteiger partial charge in [-0.3, -0.25) is 14.5 Å². The predicted molar refractivity (Wildman–Crippen MR) is 83.4 cm³/mol. The average molecular weight is 317 g/mol. The molecule has 23 heavy (non-hydrogen) atoms. The van der Waals surface area contributed by atoms with E-state index in [1.165, 1.54) is 0 Å². The Morgan fingerprint density at radius 1 is 1.22 bits per heavy atom. The third kappa shape index (κ3) is 3.13. The van der Waals surface area contributed by atoms with Crippen LogP contribution in [0.2, 0.25) is 0 Å². The third-order valence-corrected chi connectivity index (χ3v) is 5.14. The first-order chi connectivity index (χ1) is 11.2. The van der Waals surface area contributed by atoms with Crippen LogP contribution in [0.5, 0.6) is 0 Å². The fraction of sp³-hybridized carbons (Fsp3) is 0.647. The van der Waals surface area contributed by atoms with Gasteiger partial charge in [0.1, 0.15) is 5.76 Å².